The number of nitrogens with one attached hydrogen (secondary N) is 1. The van der Waals surface area contributed by atoms with Crippen molar-refractivity contribution in [1.82, 2.24) is 19.9 Å². The molecular formula is C28H26ClN5. The molecule has 0 spiro atoms. The molecule has 34 heavy (non-hydrogen) atoms. The maximum Gasteiger partial charge on any atom is 0.156 e. The second-order valence-corrected chi connectivity index (χ2v) is 9.37. The number of rotatable bonds is 4. The molecule has 1 aliphatic rings. The summed E-state index contributed by atoms with van der Waals surface area (Å²) in [6, 6.07) is 25.5. The van der Waals surface area contributed by atoms with E-state index in [0.717, 1.165) is 53.6 Å². The van der Waals surface area contributed by atoms with Crippen LogP contribution in [0.4, 0.5) is 5.82 Å². The molecule has 3 aromatic carbocycles. The van der Waals surface area contributed by atoms with Gasteiger partial charge in [-0.25, -0.2) is 9.97 Å². The Hall–Kier alpha value is -3.41. The normalized spacial score (nSPS) is 15.8. The standard InChI is InChI=1S/C28H26ClN5/c1-19-6-5-9-23-24(19)25-26(32-23)28(31-18-30-25)34-16-14-33(15-17-34)27(20-7-3-2-4-8-20)21-10-12-22(29)13-11-21/h2-13,18,27,32H,14-17H2,1H3/t27-/m1/s1. The fraction of sp³-hybridized carbons (Fsp3) is 0.214. The highest BCUT2D eigenvalue weighted by molar-refractivity contribution is 6.30. The molecule has 1 fully saturated rings. The lowest BCUT2D eigenvalue weighted by molar-refractivity contribution is 0.212. The lowest BCUT2D eigenvalue weighted by Crippen LogP contribution is -2.48. The van der Waals surface area contributed by atoms with Crippen molar-refractivity contribution in [2.45, 2.75) is 13.0 Å². The highest BCUT2D eigenvalue weighted by Gasteiger charge is 2.28. The molecule has 0 aliphatic carbocycles. The van der Waals surface area contributed by atoms with Crippen molar-refractivity contribution in [1.29, 1.82) is 0 Å². The van der Waals surface area contributed by atoms with E-state index < -0.39 is 0 Å². The number of aryl methyl sites for hydroxylation is 1. The van der Waals surface area contributed by atoms with E-state index in [1.807, 2.05) is 12.1 Å². The molecule has 5 aromatic rings. The Kier molecular flexibility index (Phi) is 5.44. The molecule has 6 heteroatoms. The minimum atomic E-state index is 0.196. The van der Waals surface area contributed by atoms with Crippen LogP contribution in [-0.2, 0) is 0 Å². The number of piperazine rings is 1. The third-order valence-electron chi connectivity index (χ3n) is 6.88. The number of H-pyrrole nitrogens is 1. The summed E-state index contributed by atoms with van der Waals surface area (Å²) in [5, 5.41) is 1.95. The number of anilines is 1. The third kappa shape index (κ3) is 3.71. The van der Waals surface area contributed by atoms with E-state index in [4.69, 9.17) is 16.6 Å². The predicted molar refractivity (Wildman–Crippen MR) is 140 cm³/mol. The molecular weight excluding hydrogens is 442 g/mol. The van der Waals surface area contributed by atoms with Crippen LogP contribution in [0.3, 0.4) is 0 Å². The average Bonchev–Trinajstić information content (AvgIpc) is 3.27. The molecule has 1 saturated heterocycles. The van der Waals surface area contributed by atoms with Crippen molar-refractivity contribution < 1.29 is 0 Å². The van der Waals surface area contributed by atoms with E-state index in [1.54, 1.807) is 6.33 Å². The van der Waals surface area contributed by atoms with Gasteiger partial charge in [0.05, 0.1) is 6.04 Å². The first-order valence-electron chi connectivity index (χ1n) is 11.7. The summed E-state index contributed by atoms with van der Waals surface area (Å²) in [6.45, 7) is 5.81. The zero-order valence-corrected chi connectivity index (χ0v) is 19.8. The van der Waals surface area contributed by atoms with Gasteiger partial charge >= 0.3 is 0 Å². The van der Waals surface area contributed by atoms with Crippen LogP contribution >= 0.6 is 11.6 Å². The van der Waals surface area contributed by atoms with Crippen LogP contribution in [0.15, 0.2) is 79.1 Å². The van der Waals surface area contributed by atoms with Crippen molar-refractivity contribution in [3.63, 3.8) is 0 Å². The summed E-state index contributed by atoms with van der Waals surface area (Å²) in [7, 11) is 0. The zero-order chi connectivity index (χ0) is 23.1. The maximum atomic E-state index is 6.19. The second-order valence-electron chi connectivity index (χ2n) is 8.93. The smallest absolute Gasteiger partial charge is 0.156 e. The van der Waals surface area contributed by atoms with Crippen LogP contribution in [0.2, 0.25) is 5.02 Å². The van der Waals surface area contributed by atoms with Gasteiger partial charge in [-0.05, 0) is 41.8 Å². The molecule has 6 rings (SSSR count). The Balaban J connectivity index is 1.31. The van der Waals surface area contributed by atoms with Gasteiger partial charge in [-0.2, -0.15) is 0 Å². The lowest BCUT2D eigenvalue weighted by Gasteiger charge is -2.40. The molecule has 1 aliphatic heterocycles. The Morgan fingerprint density at radius 2 is 1.56 bits per heavy atom. The van der Waals surface area contributed by atoms with Gasteiger partial charge in [0.15, 0.2) is 5.82 Å². The third-order valence-corrected chi connectivity index (χ3v) is 7.13. The number of nitrogens with zero attached hydrogens (tertiary/aromatic N) is 4. The quantitative estimate of drug-likeness (QED) is 0.353. The number of fused-ring (bicyclic) bond motifs is 3. The molecule has 0 amide bonds. The number of hydrogen-bond acceptors (Lipinski definition) is 4. The molecule has 1 atom stereocenters. The summed E-state index contributed by atoms with van der Waals surface area (Å²) in [6.07, 6.45) is 1.70. The number of halogens is 1. The summed E-state index contributed by atoms with van der Waals surface area (Å²) in [5.41, 5.74) is 6.93. The van der Waals surface area contributed by atoms with E-state index in [2.05, 4.69) is 87.4 Å². The molecule has 1 N–H and O–H groups in total. The van der Waals surface area contributed by atoms with Gasteiger partial charge in [0.2, 0.25) is 0 Å². The van der Waals surface area contributed by atoms with E-state index in [9.17, 15) is 0 Å². The highest BCUT2D eigenvalue weighted by Crippen LogP contribution is 2.34. The number of benzene rings is 3. The fourth-order valence-electron chi connectivity index (χ4n) is 5.23. The monoisotopic (exact) mass is 467 g/mol. The first kappa shape index (κ1) is 21.1. The van der Waals surface area contributed by atoms with E-state index in [1.165, 1.54) is 22.1 Å². The van der Waals surface area contributed by atoms with E-state index >= 15 is 0 Å². The van der Waals surface area contributed by atoms with Gasteiger partial charge in [-0.1, -0.05) is 66.2 Å². The van der Waals surface area contributed by atoms with Crippen LogP contribution in [0.5, 0.6) is 0 Å². The van der Waals surface area contributed by atoms with Crippen molar-refractivity contribution in [2.75, 3.05) is 31.1 Å². The number of aromatic nitrogens is 3. The number of aromatic amines is 1. The fourth-order valence-corrected chi connectivity index (χ4v) is 5.35. The minimum Gasteiger partial charge on any atom is -0.352 e. The molecule has 0 unspecified atom stereocenters. The largest absolute Gasteiger partial charge is 0.352 e. The SMILES string of the molecule is Cc1cccc2[nH]c3c(N4CCN([C@H](c5ccccc5)c5ccc(Cl)cc5)CC4)ncnc3c12. The zero-order valence-electron chi connectivity index (χ0n) is 19.1. The predicted octanol–water partition coefficient (Wildman–Crippen LogP) is 5.98. The number of hydrogen-bond donors (Lipinski definition) is 1. The Bertz CT molecular complexity index is 1440. The molecule has 5 nitrogen and oxygen atoms in total. The van der Waals surface area contributed by atoms with Crippen molar-refractivity contribution in [3.05, 3.63) is 101 Å². The van der Waals surface area contributed by atoms with E-state index in [0.29, 0.717) is 0 Å². The summed E-state index contributed by atoms with van der Waals surface area (Å²) >= 11 is 6.19. The minimum absolute atomic E-state index is 0.196. The second kappa shape index (κ2) is 8.75. The molecule has 3 heterocycles. The van der Waals surface area contributed by atoms with Gasteiger partial charge in [-0.15, -0.1) is 0 Å². The van der Waals surface area contributed by atoms with Crippen molar-refractivity contribution in [3.8, 4) is 0 Å². The van der Waals surface area contributed by atoms with Gasteiger partial charge in [-0.3, -0.25) is 4.90 Å². The summed E-state index contributed by atoms with van der Waals surface area (Å²) in [5.74, 6) is 0.989. The first-order chi connectivity index (χ1) is 16.7. The van der Waals surface area contributed by atoms with Crippen molar-refractivity contribution in [2.24, 2.45) is 0 Å². The van der Waals surface area contributed by atoms with Gasteiger partial charge in [0, 0.05) is 42.1 Å². The topological polar surface area (TPSA) is 48.1 Å². The van der Waals surface area contributed by atoms with Gasteiger partial charge < -0.3 is 9.88 Å². The van der Waals surface area contributed by atoms with E-state index in [-0.39, 0.29) is 6.04 Å². The van der Waals surface area contributed by atoms with Crippen LogP contribution in [0, 0.1) is 6.92 Å². The molecule has 0 bridgehead atoms. The molecule has 170 valence electrons. The van der Waals surface area contributed by atoms with Gasteiger partial charge in [0.1, 0.15) is 17.4 Å². The van der Waals surface area contributed by atoms with Gasteiger partial charge in [0.25, 0.3) is 0 Å². The molecule has 0 radical (unpaired) electrons. The first-order valence-corrected chi connectivity index (χ1v) is 12.1. The maximum absolute atomic E-state index is 6.19. The molecule has 0 saturated carbocycles. The Labute approximate surface area is 204 Å². The van der Waals surface area contributed by atoms with Crippen LogP contribution in [-0.4, -0.2) is 46.0 Å². The Morgan fingerprint density at radius 3 is 2.32 bits per heavy atom. The van der Waals surface area contributed by atoms with Crippen LogP contribution in [0.1, 0.15) is 22.7 Å². The Morgan fingerprint density at radius 1 is 0.824 bits per heavy atom. The van der Waals surface area contributed by atoms with Crippen LogP contribution in [0.25, 0.3) is 21.9 Å². The average molecular weight is 468 g/mol. The summed E-state index contributed by atoms with van der Waals surface area (Å²) in [4.78, 5) is 17.9. The lowest BCUT2D eigenvalue weighted by atomic mass is 9.96. The highest BCUT2D eigenvalue weighted by atomic mass is 35.5. The van der Waals surface area contributed by atoms with Crippen molar-refractivity contribution >= 4 is 39.4 Å². The summed E-state index contributed by atoms with van der Waals surface area (Å²) < 4.78 is 0. The van der Waals surface area contributed by atoms with Crippen LogP contribution < -0.4 is 4.90 Å². The molecule has 2 aromatic heterocycles.